The van der Waals surface area contributed by atoms with E-state index in [2.05, 4.69) is 80.6 Å². The smallest absolute Gasteiger partial charge is 0.338 e. The van der Waals surface area contributed by atoms with Crippen molar-refractivity contribution in [3.63, 3.8) is 0 Å². The second kappa shape index (κ2) is 46.4. The van der Waals surface area contributed by atoms with Gasteiger partial charge in [-0.2, -0.15) is 0 Å². The lowest BCUT2D eigenvalue weighted by atomic mass is 9.86. The minimum absolute atomic E-state index is 0. The molecular formula is C94H95Br2N15O14S2. The Morgan fingerprint density at radius 2 is 1.05 bits per heavy atom. The summed E-state index contributed by atoms with van der Waals surface area (Å²) in [6.07, 6.45) is 27.1. The van der Waals surface area contributed by atoms with E-state index in [0.717, 1.165) is 96.2 Å². The van der Waals surface area contributed by atoms with Crippen LogP contribution in [0.25, 0.3) is 50.8 Å². The lowest BCUT2D eigenvalue weighted by Gasteiger charge is -2.24. The van der Waals surface area contributed by atoms with Crippen LogP contribution in [0.3, 0.4) is 0 Å². The largest absolute Gasteiger partial charge is 1.00 e. The molecule has 0 saturated carbocycles. The van der Waals surface area contributed by atoms with Crippen LogP contribution in [0.4, 0.5) is 22.7 Å². The molecule has 6 aromatic carbocycles. The molecule has 0 aliphatic carbocycles. The SMILES string of the molecule is CCOC(=O)c1ccc(C)c(-n2cc(-c3cccnc3)[nH]c2=S)c1.COC(=O)c1ccc(C)c(N)c1.COC(=O)c1ccc(C)c(NCC(=O)c2cccnc2)c1.COc1c(NC(=O)c2ccc(C)c(-n3cnc(-c4cccnc4)c3)c2)cc(C(C)(C)C)cc1NS(C)(=O)=O.Cc1ccc(C(=O)O)cc1-n1cnc(-c2cccnc2)c1.O=C(CBr)c1ccc[nH+]c1.[Br-]. The van der Waals surface area contributed by atoms with Gasteiger partial charge in [-0.25, -0.2) is 42.5 Å². The Hall–Kier alpha value is -14.3. The van der Waals surface area contributed by atoms with E-state index in [1.54, 1.807) is 185 Å². The van der Waals surface area contributed by atoms with Crippen molar-refractivity contribution in [1.29, 1.82) is 0 Å². The zero-order valence-corrected chi connectivity index (χ0v) is 76.6. The third-order valence-corrected chi connectivity index (χ3v) is 20.3. The highest BCUT2D eigenvalue weighted by molar-refractivity contribution is 9.09. The van der Waals surface area contributed by atoms with Gasteiger partial charge >= 0.3 is 23.9 Å². The molecule has 0 bridgehead atoms. The van der Waals surface area contributed by atoms with E-state index in [0.29, 0.717) is 61.5 Å². The van der Waals surface area contributed by atoms with E-state index >= 15 is 0 Å². The molecule has 14 rings (SSSR count). The lowest BCUT2D eigenvalue weighted by Crippen LogP contribution is -3.00. The van der Waals surface area contributed by atoms with E-state index in [1.807, 2.05) is 142 Å². The number of esters is 3. The van der Waals surface area contributed by atoms with Crippen molar-refractivity contribution in [3.8, 4) is 56.6 Å². The molecule has 0 saturated heterocycles. The van der Waals surface area contributed by atoms with Crippen molar-refractivity contribution < 1.29 is 88.0 Å². The van der Waals surface area contributed by atoms with Crippen molar-refractivity contribution >= 4 is 102 Å². The summed E-state index contributed by atoms with van der Waals surface area (Å²) in [7, 11) is 0.525. The van der Waals surface area contributed by atoms with Gasteiger partial charge in [-0.3, -0.25) is 43.6 Å². The minimum Gasteiger partial charge on any atom is -1.00 e. The maximum atomic E-state index is 13.4. The number of carbonyl (C=O) groups is 7. The number of nitrogens with one attached hydrogen (secondary N) is 5. The van der Waals surface area contributed by atoms with Crippen molar-refractivity contribution in [2.75, 3.05) is 67.2 Å². The number of carboxylic acids is 1. The number of nitrogens with two attached hydrogens (primary N) is 1. The van der Waals surface area contributed by atoms with Gasteiger partial charge in [0.1, 0.15) is 0 Å². The molecule has 0 spiro atoms. The quantitative estimate of drug-likeness (QED) is 0.00916. The molecule has 0 aliphatic heterocycles. The molecule has 0 unspecified atom stereocenters. The summed E-state index contributed by atoms with van der Waals surface area (Å²) in [6, 6.07) is 48.1. The molecule has 8 heterocycles. The molecule has 14 aromatic rings. The number of aromatic carboxylic acids is 1. The highest BCUT2D eigenvalue weighted by atomic mass is 79.9. The number of aromatic amines is 2. The predicted molar refractivity (Wildman–Crippen MR) is 491 cm³/mol. The number of Topliss-reactive ketones (excluding diaryl/α,β-unsaturated/α-hetero) is 2. The van der Waals surface area contributed by atoms with Crippen molar-refractivity contribution in [2.45, 2.75) is 67.7 Å². The fraction of sp³-hybridized carbons (Fsp3) is 0.181. The van der Waals surface area contributed by atoms with Gasteiger partial charge in [-0.15, -0.1) is 0 Å². The number of hydrogen-bond acceptors (Lipinski definition) is 22. The van der Waals surface area contributed by atoms with Crippen LogP contribution in [0.5, 0.6) is 5.75 Å². The number of H-pyrrole nitrogens is 2. The second-order valence-electron chi connectivity index (χ2n) is 29.1. The molecular weight excluding hydrogens is 1790 g/mol. The molecule has 33 heteroatoms. The van der Waals surface area contributed by atoms with Crippen LogP contribution in [0.15, 0.2) is 257 Å². The molecule has 0 atom stereocenters. The molecule has 29 nitrogen and oxygen atoms in total. The Balaban J connectivity index is 0.000000198. The lowest BCUT2D eigenvalue weighted by molar-refractivity contribution is -0.378. The Morgan fingerprint density at radius 3 is 1.54 bits per heavy atom. The Labute approximate surface area is 759 Å². The first kappa shape index (κ1) is 98.2. The van der Waals surface area contributed by atoms with Gasteiger partial charge in [0.05, 0.1) is 132 Å². The fourth-order valence-electron chi connectivity index (χ4n) is 12.0. The average Bonchev–Trinajstić information content (AvgIpc) is 1.78. The second-order valence-corrected chi connectivity index (χ2v) is 31.8. The van der Waals surface area contributed by atoms with Crippen LogP contribution in [0.1, 0.15) is 134 Å². The van der Waals surface area contributed by atoms with Gasteiger partial charge in [0, 0.05) is 113 Å². The standard InChI is InChI=1S/C28H31N5O4S.C18H17N3O2S.C16H13N3O2.C16H16N2O3.C9H11NO2.C7H6BrNO.BrH/c1-18-9-10-19(12-25(18)33-16-24(30-17-33)20-8-7-11-29-15-20)27(34)31-22-13-21(28(2,3)4)14-23(26(22)37-5)32-38(6,35)36;1-3-23-17(22)13-7-6-12(2)16(9-13)21-11-15(20-18(21)24)14-5-4-8-19-10-14;1-11-4-5-12(16(20)21)7-15(11)19-9-14(18-10-19)13-3-2-6-17-8-13;1-11-5-6-12(16(20)21-2)8-14(11)18-10-15(19)13-4-3-7-17-9-13;1-6-3-4-7(5-8(6)10)9(11)12-2;8-4-7(10)6-2-1-3-9-5-6;/h7-17,32H,1-6H3,(H,31,34);4-11H,3H2,1-2H3,(H,20,24);2-10H,1H3,(H,20,21);3-9,18H,10H2,1-2H3;3-5H,10H2,1-2H3;1-3,5H,4H2;1H. The zero-order chi connectivity index (χ0) is 91.4. The zero-order valence-electron chi connectivity index (χ0n) is 71.8. The normalized spacial score (nSPS) is 10.5. The number of halogens is 2. The number of ketones is 2. The molecule has 0 radical (unpaired) electrons. The van der Waals surface area contributed by atoms with E-state index in [-0.39, 0.29) is 75.4 Å². The number of sulfonamides is 1. The number of methoxy groups -OCH3 is 3. The minimum atomic E-state index is -3.58. The maximum absolute atomic E-state index is 13.4. The molecule has 0 fully saturated rings. The topological polar surface area (TPSA) is 395 Å². The first-order chi connectivity index (χ1) is 60.2. The molecule has 127 heavy (non-hydrogen) atoms. The number of nitrogens with zero attached hydrogens (tertiary/aromatic N) is 9. The fourth-order valence-corrected chi connectivity index (χ4v) is 13.1. The van der Waals surface area contributed by atoms with Crippen LogP contribution in [-0.2, 0) is 29.6 Å². The predicted octanol–water partition coefficient (Wildman–Crippen LogP) is 14.1. The summed E-state index contributed by atoms with van der Waals surface area (Å²) in [5.41, 5.74) is 23.9. The third kappa shape index (κ3) is 27.9. The highest BCUT2D eigenvalue weighted by Crippen LogP contribution is 2.40. The number of anilines is 4. The summed E-state index contributed by atoms with van der Waals surface area (Å²) in [4.78, 5) is 113. The number of carboxylic acid groups (broad SMARTS) is 1. The van der Waals surface area contributed by atoms with Gasteiger partial charge in [-0.05, 0) is 220 Å². The van der Waals surface area contributed by atoms with Gasteiger partial charge in [0.2, 0.25) is 10.0 Å². The average molecular weight is 1880 g/mol. The van der Waals surface area contributed by atoms with Crippen molar-refractivity contribution in [3.05, 3.63) is 334 Å². The number of carbonyl (C=O) groups excluding carboxylic acids is 6. The van der Waals surface area contributed by atoms with Crippen LogP contribution >= 0.6 is 28.1 Å². The first-order valence-corrected chi connectivity index (χ1v) is 42.4. The van der Waals surface area contributed by atoms with E-state index in [4.69, 9.17) is 32.5 Å². The molecule has 0 aliphatic rings. The van der Waals surface area contributed by atoms with Crippen LogP contribution in [-0.4, -0.2) is 150 Å². The van der Waals surface area contributed by atoms with Crippen molar-refractivity contribution in [1.82, 2.24) is 48.6 Å². The summed E-state index contributed by atoms with van der Waals surface area (Å²) in [5, 5.41) is 15.4. The Morgan fingerprint density at radius 1 is 0.559 bits per heavy atom. The van der Waals surface area contributed by atoms with Gasteiger partial charge in [0.15, 0.2) is 34.5 Å². The number of rotatable bonds is 22. The highest BCUT2D eigenvalue weighted by Gasteiger charge is 2.24. The number of alkyl halides is 1. The molecule has 8 aromatic heterocycles. The van der Waals surface area contributed by atoms with E-state index in [1.165, 1.54) is 27.5 Å². The van der Waals surface area contributed by atoms with Crippen LogP contribution in [0, 0.1) is 39.4 Å². The van der Waals surface area contributed by atoms with E-state index in [9.17, 15) is 42.0 Å². The Bertz CT molecular complexity index is 6350. The first-order valence-electron chi connectivity index (χ1n) is 38.9. The number of imidazole rings is 3. The van der Waals surface area contributed by atoms with Crippen LogP contribution < -0.4 is 47.8 Å². The van der Waals surface area contributed by atoms with Gasteiger partial charge in [0.25, 0.3) is 5.91 Å². The molecule has 8 N–H and O–H groups in total. The summed E-state index contributed by atoms with van der Waals surface area (Å²) in [6.45, 7) is 17.9. The number of amides is 1. The van der Waals surface area contributed by atoms with Gasteiger partial charge < -0.3 is 71.5 Å². The van der Waals surface area contributed by atoms with Gasteiger partial charge in [-0.1, -0.05) is 67.0 Å². The number of pyridine rings is 5. The molecule has 656 valence electrons. The van der Waals surface area contributed by atoms with Crippen LogP contribution in [0.2, 0.25) is 0 Å². The van der Waals surface area contributed by atoms with E-state index < -0.39 is 22.0 Å². The van der Waals surface area contributed by atoms with Crippen molar-refractivity contribution in [2.24, 2.45) is 0 Å². The summed E-state index contributed by atoms with van der Waals surface area (Å²) >= 11 is 8.53. The monoisotopic (exact) mass is 1880 g/mol. The third-order valence-electron chi connectivity index (χ3n) is 18.9. The number of aryl methyl sites for hydroxylation is 5. The summed E-state index contributed by atoms with van der Waals surface area (Å²) < 4.78 is 52.5. The number of ether oxygens (including phenoxy) is 4. The Kier molecular flexibility index (Phi) is 35.9. The maximum Gasteiger partial charge on any atom is 0.338 e. The number of nitrogen functional groups attached to an aromatic ring is 1. The number of aromatic nitrogens is 11. The number of hydrogen-bond donors (Lipinski definition) is 6. The summed E-state index contributed by atoms with van der Waals surface area (Å²) in [5.74, 6) is -2.16. The number of benzene rings is 6. The molecule has 1 amide bonds.